The van der Waals surface area contributed by atoms with Gasteiger partial charge < -0.3 is 14.8 Å². The topological polar surface area (TPSA) is 47.6 Å². The van der Waals surface area contributed by atoms with Gasteiger partial charge in [-0.2, -0.15) is 0 Å². The summed E-state index contributed by atoms with van der Waals surface area (Å²) in [6.07, 6.45) is 0. The molecule has 4 nitrogen and oxygen atoms in total. The average Bonchev–Trinajstić information content (AvgIpc) is 2.71. The van der Waals surface area contributed by atoms with Gasteiger partial charge in [0.25, 0.3) is 5.91 Å². The van der Waals surface area contributed by atoms with Gasteiger partial charge in [0, 0.05) is 5.56 Å². The number of aryl methyl sites for hydroxylation is 1. The molecular formula is C23H21Cl2NO3. The molecule has 0 heterocycles. The van der Waals surface area contributed by atoms with Crippen molar-refractivity contribution >= 4 is 34.8 Å². The number of anilines is 1. The molecule has 150 valence electrons. The summed E-state index contributed by atoms with van der Waals surface area (Å²) in [7, 11) is 0. The van der Waals surface area contributed by atoms with Gasteiger partial charge in [-0.1, -0.05) is 65.7 Å². The summed E-state index contributed by atoms with van der Waals surface area (Å²) < 4.78 is 11.6. The summed E-state index contributed by atoms with van der Waals surface area (Å²) in [6.45, 7) is 4.48. The zero-order valence-electron chi connectivity index (χ0n) is 16.2. The van der Waals surface area contributed by atoms with Gasteiger partial charge in [-0.3, -0.25) is 4.79 Å². The van der Waals surface area contributed by atoms with Crippen LogP contribution in [0.15, 0.2) is 60.7 Å². The van der Waals surface area contributed by atoms with Gasteiger partial charge in [0.1, 0.15) is 6.61 Å². The highest BCUT2D eigenvalue weighted by Gasteiger charge is 2.18. The van der Waals surface area contributed by atoms with Crippen LogP contribution in [-0.4, -0.2) is 12.5 Å². The van der Waals surface area contributed by atoms with Crippen molar-refractivity contribution in [2.24, 2.45) is 0 Å². The van der Waals surface area contributed by atoms with Crippen LogP contribution >= 0.6 is 23.2 Å². The van der Waals surface area contributed by atoms with Crippen LogP contribution < -0.4 is 14.8 Å². The van der Waals surface area contributed by atoms with Gasteiger partial charge in [-0.05, 0) is 43.2 Å². The Hall–Kier alpha value is -2.69. The lowest BCUT2D eigenvalue weighted by atomic mass is 10.1. The van der Waals surface area contributed by atoms with Crippen LogP contribution in [0.25, 0.3) is 0 Å². The zero-order chi connectivity index (χ0) is 20.8. The van der Waals surface area contributed by atoms with E-state index in [0.717, 1.165) is 11.1 Å². The van der Waals surface area contributed by atoms with E-state index in [1.54, 1.807) is 18.2 Å². The van der Waals surface area contributed by atoms with Crippen molar-refractivity contribution in [3.63, 3.8) is 0 Å². The first-order chi connectivity index (χ1) is 14.0. The summed E-state index contributed by atoms with van der Waals surface area (Å²) in [5.74, 6) is 0.485. The number of rotatable bonds is 7. The van der Waals surface area contributed by atoms with E-state index in [1.165, 1.54) is 0 Å². The number of halogens is 2. The van der Waals surface area contributed by atoms with Crippen molar-refractivity contribution in [2.45, 2.75) is 20.5 Å². The first-order valence-corrected chi connectivity index (χ1v) is 9.94. The number of hydrogen-bond donors (Lipinski definition) is 1. The molecule has 0 spiro atoms. The molecule has 6 heteroatoms. The monoisotopic (exact) mass is 429 g/mol. The van der Waals surface area contributed by atoms with E-state index in [-0.39, 0.29) is 5.91 Å². The first-order valence-electron chi connectivity index (χ1n) is 9.19. The molecule has 3 aromatic carbocycles. The fourth-order valence-corrected chi connectivity index (χ4v) is 3.34. The Morgan fingerprint density at radius 2 is 1.72 bits per heavy atom. The minimum Gasteiger partial charge on any atom is -0.490 e. The largest absolute Gasteiger partial charge is 0.490 e. The van der Waals surface area contributed by atoms with Crippen LogP contribution in [0, 0.1) is 6.92 Å². The maximum absolute atomic E-state index is 12.8. The summed E-state index contributed by atoms with van der Waals surface area (Å²) >= 11 is 12.6. The van der Waals surface area contributed by atoms with Crippen LogP contribution in [-0.2, 0) is 6.61 Å². The predicted molar refractivity (Wildman–Crippen MR) is 118 cm³/mol. The number of para-hydroxylation sites is 1. The van der Waals surface area contributed by atoms with Crippen molar-refractivity contribution < 1.29 is 14.3 Å². The molecule has 0 aromatic heterocycles. The average molecular weight is 430 g/mol. The number of benzene rings is 3. The van der Waals surface area contributed by atoms with Crippen molar-refractivity contribution in [3.05, 3.63) is 87.4 Å². The standard InChI is InChI=1S/C23H21Cl2NO3/c1-3-28-20-13-17(23(27)26-21-15(2)8-7-11-18(21)24)12-19(25)22(20)29-14-16-9-5-4-6-10-16/h4-13H,3,14H2,1-2H3,(H,26,27). The lowest BCUT2D eigenvalue weighted by Gasteiger charge is -2.16. The number of carbonyl (C=O) groups excluding carboxylic acids is 1. The van der Waals surface area contributed by atoms with E-state index in [9.17, 15) is 4.79 Å². The molecule has 3 rings (SSSR count). The second-order valence-electron chi connectivity index (χ2n) is 6.38. The van der Waals surface area contributed by atoms with Crippen molar-refractivity contribution in [2.75, 3.05) is 11.9 Å². The third-order valence-corrected chi connectivity index (χ3v) is 4.85. The Kier molecular flexibility index (Phi) is 7.02. The van der Waals surface area contributed by atoms with E-state index in [2.05, 4.69) is 5.32 Å². The first kappa shape index (κ1) is 21.0. The highest BCUT2D eigenvalue weighted by Crippen LogP contribution is 2.37. The Morgan fingerprint density at radius 3 is 2.41 bits per heavy atom. The van der Waals surface area contributed by atoms with Crippen molar-refractivity contribution in [1.29, 1.82) is 0 Å². The summed E-state index contributed by atoms with van der Waals surface area (Å²) in [5, 5.41) is 3.61. The second kappa shape index (κ2) is 9.68. The van der Waals surface area contributed by atoms with E-state index in [0.29, 0.717) is 46.0 Å². The van der Waals surface area contributed by atoms with Gasteiger partial charge in [0.2, 0.25) is 0 Å². The van der Waals surface area contributed by atoms with Crippen LogP contribution in [0.3, 0.4) is 0 Å². The normalized spacial score (nSPS) is 10.5. The van der Waals surface area contributed by atoms with Crippen molar-refractivity contribution in [1.82, 2.24) is 0 Å². The van der Waals surface area contributed by atoms with E-state index >= 15 is 0 Å². The minimum atomic E-state index is -0.335. The Morgan fingerprint density at radius 1 is 0.966 bits per heavy atom. The van der Waals surface area contributed by atoms with E-state index in [1.807, 2.05) is 56.3 Å². The lowest BCUT2D eigenvalue weighted by molar-refractivity contribution is 0.102. The van der Waals surface area contributed by atoms with Crippen LogP contribution in [0.2, 0.25) is 10.0 Å². The highest BCUT2D eigenvalue weighted by molar-refractivity contribution is 6.34. The van der Waals surface area contributed by atoms with Crippen LogP contribution in [0.5, 0.6) is 11.5 Å². The molecule has 3 aromatic rings. The van der Waals surface area contributed by atoms with Gasteiger partial charge >= 0.3 is 0 Å². The molecule has 1 amide bonds. The number of carbonyl (C=O) groups is 1. The molecule has 0 atom stereocenters. The smallest absolute Gasteiger partial charge is 0.255 e. The molecule has 1 N–H and O–H groups in total. The summed E-state index contributed by atoms with van der Waals surface area (Å²) in [6, 6.07) is 18.4. The zero-order valence-corrected chi connectivity index (χ0v) is 17.7. The molecule has 0 bridgehead atoms. The Balaban J connectivity index is 1.85. The number of nitrogens with one attached hydrogen (secondary N) is 1. The molecule has 0 saturated heterocycles. The Bertz CT molecular complexity index is 986. The number of ether oxygens (including phenoxy) is 2. The summed E-state index contributed by atoms with van der Waals surface area (Å²) in [5.41, 5.74) is 2.79. The molecule has 0 fully saturated rings. The SMILES string of the molecule is CCOc1cc(C(=O)Nc2c(C)cccc2Cl)cc(Cl)c1OCc1ccccc1. The van der Waals surface area contributed by atoms with E-state index < -0.39 is 0 Å². The van der Waals surface area contributed by atoms with Crippen LogP contribution in [0.1, 0.15) is 28.4 Å². The van der Waals surface area contributed by atoms with Crippen LogP contribution in [0.4, 0.5) is 5.69 Å². The molecule has 0 unspecified atom stereocenters. The Labute approximate surface area is 180 Å². The molecule has 0 radical (unpaired) electrons. The fraction of sp³-hybridized carbons (Fsp3) is 0.174. The maximum Gasteiger partial charge on any atom is 0.255 e. The van der Waals surface area contributed by atoms with Gasteiger partial charge in [-0.15, -0.1) is 0 Å². The molecule has 0 aliphatic heterocycles. The quantitative estimate of drug-likeness (QED) is 0.464. The maximum atomic E-state index is 12.8. The van der Waals surface area contributed by atoms with Gasteiger partial charge in [0.15, 0.2) is 11.5 Å². The van der Waals surface area contributed by atoms with Gasteiger partial charge in [0.05, 0.1) is 22.3 Å². The number of hydrogen-bond acceptors (Lipinski definition) is 3. The van der Waals surface area contributed by atoms with E-state index in [4.69, 9.17) is 32.7 Å². The molecule has 0 aliphatic rings. The van der Waals surface area contributed by atoms with Crippen molar-refractivity contribution in [3.8, 4) is 11.5 Å². The second-order valence-corrected chi connectivity index (χ2v) is 7.19. The van der Waals surface area contributed by atoms with Gasteiger partial charge in [-0.25, -0.2) is 0 Å². The molecule has 0 saturated carbocycles. The predicted octanol–water partition coefficient (Wildman–Crippen LogP) is 6.53. The highest BCUT2D eigenvalue weighted by atomic mass is 35.5. The molecular weight excluding hydrogens is 409 g/mol. The minimum absolute atomic E-state index is 0.299. The lowest BCUT2D eigenvalue weighted by Crippen LogP contribution is -2.14. The third-order valence-electron chi connectivity index (χ3n) is 4.26. The third kappa shape index (κ3) is 5.22. The molecule has 0 aliphatic carbocycles. The number of amides is 1. The fourth-order valence-electron chi connectivity index (χ4n) is 2.81. The summed E-state index contributed by atoms with van der Waals surface area (Å²) in [4.78, 5) is 12.8. The molecule has 29 heavy (non-hydrogen) atoms.